The molecule has 168 valence electrons. The fourth-order valence-corrected chi connectivity index (χ4v) is 4.07. The van der Waals surface area contributed by atoms with Crippen molar-refractivity contribution in [3.63, 3.8) is 0 Å². The van der Waals surface area contributed by atoms with Crippen molar-refractivity contribution >= 4 is 33.5 Å². The third kappa shape index (κ3) is 4.04. The van der Waals surface area contributed by atoms with Gasteiger partial charge in [0.25, 0.3) is 0 Å². The van der Waals surface area contributed by atoms with Crippen LogP contribution in [-0.2, 0) is 13.2 Å². The number of rotatable bonds is 7. The van der Waals surface area contributed by atoms with Gasteiger partial charge in [-0.05, 0) is 46.7 Å². The molecule has 8 nitrogen and oxygen atoms in total. The third-order valence-corrected chi connectivity index (χ3v) is 5.67. The smallest absolute Gasteiger partial charge is 0.352 e. The Hall–Kier alpha value is -4.72. The lowest BCUT2D eigenvalue weighted by atomic mass is 10.0. The molecule has 5 aromatic rings. The number of carboxylic acid groups (broad SMARTS) is 1. The van der Waals surface area contributed by atoms with Crippen LogP contribution in [0.2, 0.25) is 0 Å². The van der Waals surface area contributed by atoms with E-state index in [1.165, 1.54) is 0 Å². The zero-order valence-corrected chi connectivity index (χ0v) is 18.1. The minimum atomic E-state index is -1.03. The number of hydrogen-bond acceptors (Lipinski definition) is 5. The maximum atomic E-state index is 12.1. The molecule has 34 heavy (non-hydrogen) atoms. The molecule has 5 rings (SSSR count). The highest BCUT2D eigenvalue weighted by Crippen LogP contribution is 2.29. The quantitative estimate of drug-likeness (QED) is 0.251. The van der Waals surface area contributed by atoms with Crippen molar-refractivity contribution in [1.82, 2.24) is 14.5 Å². The molecule has 2 aromatic heterocycles. The van der Waals surface area contributed by atoms with Gasteiger partial charge in [0.2, 0.25) is 0 Å². The van der Waals surface area contributed by atoms with Gasteiger partial charge in [-0.25, -0.2) is 14.8 Å². The second-order valence-electron chi connectivity index (χ2n) is 7.87. The largest absolute Gasteiger partial charge is 0.486 e. The molecule has 0 aliphatic rings. The summed E-state index contributed by atoms with van der Waals surface area (Å²) >= 11 is 0. The van der Waals surface area contributed by atoms with Crippen molar-refractivity contribution in [2.75, 3.05) is 0 Å². The number of amidine groups is 1. The van der Waals surface area contributed by atoms with Crippen LogP contribution < -0.4 is 10.5 Å². The van der Waals surface area contributed by atoms with Crippen LogP contribution in [-0.4, -0.2) is 31.4 Å². The topological polar surface area (TPSA) is 127 Å². The molecular formula is C26H21N5O3. The average molecular weight is 451 g/mol. The summed E-state index contributed by atoms with van der Waals surface area (Å²) in [5.41, 5.74) is 7.96. The van der Waals surface area contributed by atoms with E-state index in [0.717, 1.165) is 21.7 Å². The van der Waals surface area contributed by atoms with Crippen molar-refractivity contribution in [3.8, 4) is 5.75 Å². The monoisotopic (exact) mass is 451 g/mol. The molecule has 8 heteroatoms. The van der Waals surface area contributed by atoms with Crippen molar-refractivity contribution in [1.29, 1.82) is 5.41 Å². The van der Waals surface area contributed by atoms with Crippen molar-refractivity contribution in [2.24, 2.45) is 5.73 Å². The fraction of sp³-hybridized carbons (Fsp3) is 0.0769. The Morgan fingerprint density at radius 3 is 2.56 bits per heavy atom. The Morgan fingerprint density at radius 1 is 1.00 bits per heavy atom. The Morgan fingerprint density at radius 2 is 1.79 bits per heavy atom. The summed E-state index contributed by atoms with van der Waals surface area (Å²) in [4.78, 5) is 20.5. The van der Waals surface area contributed by atoms with E-state index in [-0.39, 0.29) is 18.1 Å². The second-order valence-corrected chi connectivity index (χ2v) is 7.87. The molecule has 2 heterocycles. The first-order valence-corrected chi connectivity index (χ1v) is 10.6. The standard InChI is InChI=1S/C26H21N5O3/c27-25(28)18-7-6-17-12-23(26(32)33)31(22(17)13-18)14-19-11-20(10-16-4-1-2-5-21(16)19)34-15-24-29-8-3-9-30-24/h1-13H,14-15H2,(H3,27,28)(H,32,33). The number of ether oxygens (including phenoxy) is 1. The van der Waals surface area contributed by atoms with E-state index >= 15 is 0 Å². The Labute approximate surface area is 194 Å². The van der Waals surface area contributed by atoms with Gasteiger partial charge in [-0.2, -0.15) is 0 Å². The number of benzene rings is 3. The predicted molar refractivity (Wildman–Crippen MR) is 129 cm³/mol. The SMILES string of the molecule is N=C(N)c1ccc2cc(C(=O)O)n(Cc3cc(OCc4ncccn4)cc4ccccc34)c2c1. The molecule has 0 saturated heterocycles. The summed E-state index contributed by atoms with van der Waals surface area (Å²) in [5.74, 6) is 0.103. The number of hydrogen-bond donors (Lipinski definition) is 3. The summed E-state index contributed by atoms with van der Waals surface area (Å²) in [7, 11) is 0. The minimum Gasteiger partial charge on any atom is -0.486 e. The van der Waals surface area contributed by atoms with Crippen LogP contribution in [0.3, 0.4) is 0 Å². The maximum absolute atomic E-state index is 12.1. The molecule has 0 aliphatic carbocycles. The molecule has 0 amide bonds. The number of aromatic nitrogens is 3. The van der Waals surface area contributed by atoms with Crippen LogP contribution in [0.4, 0.5) is 0 Å². The van der Waals surface area contributed by atoms with Gasteiger partial charge in [0.1, 0.15) is 23.9 Å². The van der Waals surface area contributed by atoms with E-state index in [9.17, 15) is 9.90 Å². The molecule has 0 radical (unpaired) electrons. The lowest BCUT2D eigenvalue weighted by molar-refractivity contribution is 0.0686. The molecule has 0 atom stereocenters. The fourth-order valence-electron chi connectivity index (χ4n) is 4.07. The van der Waals surface area contributed by atoms with Gasteiger partial charge in [0, 0.05) is 35.4 Å². The Balaban J connectivity index is 1.60. The summed E-state index contributed by atoms with van der Waals surface area (Å²) < 4.78 is 7.71. The van der Waals surface area contributed by atoms with Gasteiger partial charge in [-0.3, -0.25) is 5.41 Å². The number of nitrogens with one attached hydrogen (secondary N) is 1. The first kappa shape index (κ1) is 21.1. The van der Waals surface area contributed by atoms with E-state index in [4.69, 9.17) is 15.9 Å². The Bertz CT molecular complexity index is 1540. The second kappa shape index (κ2) is 8.67. The van der Waals surface area contributed by atoms with Crippen LogP contribution in [0.25, 0.3) is 21.7 Å². The van der Waals surface area contributed by atoms with Crippen molar-refractivity contribution in [2.45, 2.75) is 13.2 Å². The van der Waals surface area contributed by atoms with Gasteiger partial charge in [0.15, 0.2) is 5.82 Å². The van der Waals surface area contributed by atoms with Crippen LogP contribution in [0, 0.1) is 5.41 Å². The molecule has 0 saturated carbocycles. The summed E-state index contributed by atoms with van der Waals surface area (Å²) in [5, 5.41) is 20.4. The number of fused-ring (bicyclic) bond motifs is 2. The average Bonchev–Trinajstić information content (AvgIpc) is 3.21. The lowest BCUT2D eigenvalue weighted by Crippen LogP contribution is -2.12. The summed E-state index contributed by atoms with van der Waals surface area (Å²) in [6.07, 6.45) is 3.33. The van der Waals surface area contributed by atoms with E-state index in [2.05, 4.69) is 9.97 Å². The van der Waals surface area contributed by atoms with Gasteiger partial charge in [0.05, 0.1) is 0 Å². The van der Waals surface area contributed by atoms with E-state index < -0.39 is 5.97 Å². The number of aromatic carboxylic acids is 1. The number of nitrogens with zero attached hydrogens (tertiary/aromatic N) is 3. The van der Waals surface area contributed by atoms with E-state index in [0.29, 0.717) is 29.2 Å². The molecule has 0 aliphatic heterocycles. The first-order valence-electron chi connectivity index (χ1n) is 10.6. The van der Waals surface area contributed by atoms with Gasteiger partial charge >= 0.3 is 5.97 Å². The highest BCUT2D eigenvalue weighted by Gasteiger charge is 2.17. The van der Waals surface area contributed by atoms with E-state index in [1.807, 2.05) is 36.4 Å². The van der Waals surface area contributed by atoms with Crippen molar-refractivity contribution < 1.29 is 14.6 Å². The number of nitrogen functional groups attached to an aromatic ring is 1. The summed E-state index contributed by atoms with van der Waals surface area (Å²) in [6, 6.07) is 20.4. The third-order valence-electron chi connectivity index (χ3n) is 5.67. The maximum Gasteiger partial charge on any atom is 0.352 e. The molecular weight excluding hydrogens is 430 g/mol. The van der Waals surface area contributed by atoms with Gasteiger partial charge in [-0.15, -0.1) is 0 Å². The van der Waals surface area contributed by atoms with Crippen LogP contribution in [0.1, 0.15) is 27.4 Å². The van der Waals surface area contributed by atoms with Crippen LogP contribution in [0.15, 0.2) is 79.1 Å². The highest BCUT2D eigenvalue weighted by atomic mass is 16.5. The number of carboxylic acids is 1. The first-order chi connectivity index (χ1) is 16.5. The number of nitrogens with two attached hydrogens (primary N) is 1. The number of carbonyl (C=O) groups is 1. The zero-order valence-electron chi connectivity index (χ0n) is 18.1. The van der Waals surface area contributed by atoms with Gasteiger partial charge in [-0.1, -0.05) is 36.4 Å². The van der Waals surface area contributed by atoms with Crippen LogP contribution in [0.5, 0.6) is 5.75 Å². The van der Waals surface area contributed by atoms with Gasteiger partial charge < -0.3 is 20.1 Å². The molecule has 0 bridgehead atoms. The minimum absolute atomic E-state index is 0.0736. The van der Waals surface area contributed by atoms with Crippen molar-refractivity contribution in [3.05, 3.63) is 102 Å². The molecule has 0 unspecified atom stereocenters. The Kier molecular flexibility index (Phi) is 5.39. The normalized spacial score (nSPS) is 11.1. The van der Waals surface area contributed by atoms with Crippen LogP contribution >= 0.6 is 0 Å². The lowest BCUT2D eigenvalue weighted by Gasteiger charge is -2.14. The summed E-state index contributed by atoms with van der Waals surface area (Å²) in [6.45, 7) is 0.513. The molecule has 3 aromatic carbocycles. The molecule has 0 fully saturated rings. The predicted octanol–water partition coefficient (Wildman–Crippen LogP) is 4.19. The van der Waals surface area contributed by atoms with E-state index in [1.54, 1.807) is 47.3 Å². The molecule has 4 N–H and O–H groups in total. The molecule has 0 spiro atoms. The zero-order chi connectivity index (χ0) is 23.7. The highest BCUT2D eigenvalue weighted by molar-refractivity contribution is 6.01.